The molecule has 0 aliphatic rings. The van der Waals surface area contributed by atoms with Gasteiger partial charge in [-0.3, -0.25) is 9.36 Å². The molecule has 9 nitrogen and oxygen atoms in total. The molecule has 9 heteroatoms. The number of hydrogen-bond acceptors (Lipinski definition) is 8. The molecule has 194 valence electrons. The normalized spacial score (nSPS) is 11.2. The van der Waals surface area contributed by atoms with E-state index in [1.807, 2.05) is 51.5 Å². The second-order valence-corrected chi connectivity index (χ2v) is 9.41. The molecule has 3 N–H and O–H groups in total. The van der Waals surface area contributed by atoms with E-state index in [0.717, 1.165) is 36.1 Å². The minimum absolute atomic E-state index is 0.114. The van der Waals surface area contributed by atoms with Gasteiger partial charge in [-0.2, -0.15) is 4.98 Å². The molecule has 2 aromatic carbocycles. The molecule has 0 aliphatic heterocycles. The van der Waals surface area contributed by atoms with Gasteiger partial charge in [0.05, 0.1) is 24.2 Å². The molecule has 0 spiro atoms. The van der Waals surface area contributed by atoms with Gasteiger partial charge in [0.15, 0.2) is 0 Å². The predicted molar refractivity (Wildman–Crippen MR) is 152 cm³/mol. The van der Waals surface area contributed by atoms with E-state index in [4.69, 9.17) is 10.5 Å². The summed E-state index contributed by atoms with van der Waals surface area (Å²) in [6, 6.07) is 13.6. The molecule has 0 unspecified atom stereocenters. The number of nitrogen functional groups attached to an aromatic ring is 1. The number of rotatable bonds is 9. The van der Waals surface area contributed by atoms with E-state index in [0.29, 0.717) is 34.3 Å². The Morgan fingerprint density at radius 3 is 2.59 bits per heavy atom. The van der Waals surface area contributed by atoms with Crippen LogP contribution in [0.3, 0.4) is 0 Å². The van der Waals surface area contributed by atoms with Gasteiger partial charge >= 0.3 is 0 Å². The number of aryl methyl sites for hydroxylation is 2. The van der Waals surface area contributed by atoms with E-state index in [9.17, 15) is 4.79 Å². The number of aromatic nitrogens is 3. The molecule has 2 aromatic heterocycles. The zero-order valence-electron chi connectivity index (χ0n) is 22.4. The fraction of sp³-hybridized carbons (Fsp3) is 0.321. The first kappa shape index (κ1) is 26.0. The third kappa shape index (κ3) is 5.51. The van der Waals surface area contributed by atoms with Crippen LogP contribution in [-0.2, 0) is 13.5 Å². The van der Waals surface area contributed by atoms with Crippen LogP contribution in [0.25, 0.3) is 22.2 Å². The largest absolute Gasteiger partial charge is 0.494 e. The van der Waals surface area contributed by atoms with Crippen molar-refractivity contribution in [2.24, 2.45) is 7.05 Å². The lowest BCUT2D eigenvalue weighted by molar-refractivity contribution is 0.413. The molecule has 4 rings (SSSR count). The Labute approximate surface area is 217 Å². The van der Waals surface area contributed by atoms with Gasteiger partial charge in [-0.25, -0.2) is 4.98 Å². The Hall–Kier alpha value is -4.11. The molecule has 4 aromatic rings. The molecule has 0 aliphatic carbocycles. The predicted octanol–water partition coefficient (Wildman–Crippen LogP) is 3.89. The van der Waals surface area contributed by atoms with E-state index in [2.05, 4.69) is 44.1 Å². The van der Waals surface area contributed by atoms with Crippen LogP contribution in [0.1, 0.15) is 12.5 Å². The van der Waals surface area contributed by atoms with Gasteiger partial charge in [0.2, 0.25) is 5.95 Å². The van der Waals surface area contributed by atoms with Gasteiger partial charge in [0.1, 0.15) is 11.4 Å². The van der Waals surface area contributed by atoms with Crippen molar-refractivity contribution in [2.75, 3.05) is 57.3 Å². The number of methoxy groups -OCH3 is 1. The zero-order chi connectivity index (χ0) is 26.7. The molecular weight excluding hydrogens is 466 g/mol. The fourth-order valence-electron chi connectivity index (χ4n) is 4.25. The van der Waals surface area contributed by atoms with Crippen LogP contribution in [0.4, 0.5) is 23.0 Å². The quantitative estimate of drug-likeness (QED) is 0.333. The van der Waals surface area contributed by atoms with Crippen molar-refractivity contribution in [3.8, 4) is 16.9 Å². The molecule has 0 amide bonds. The number of nitrogens with two attached hydrogens (primary N) is 1. The first-order valence-corrected chi connectivity index (χ1v) is 12.3. The number of likely N-dealkylation sites (N-methyl/N-ethyl adjacent to an activating group) is 2. The average molecular weight is 502 g/mol. The summed E-state index contributed by atoms with van der Waals surface area (Å²) < 4.78 is 7.20. The first-order chi connectivity index (χ1) is 17.7. The number of hydrogen-bond donors (Lipinski definition) is 2. The van der Waals surface area contributed by atoms with Crippen molar-refractivity contribution in [1.82, 2.24) is 19.4 Å². The van der Waals surface area contributed by atoms with Crippen LogP contribution in [0, 0.1) is 0 Å². The minimum atomic E-state index is -0.114. The topological polar surface area (TPSA) is 102 Å². The summed E-state index contributed by atoms with van der Waals surface area (Å²) >= 11 is 0. The van der Waals surface area contributed by atoms with Crippen molar-refractivity contribution >= 4 is 34.0 Å². The highest BCUT2D eigenvalue weighted by Crippen LogP contribution is 2.36. The van der Waals surface area contributed by atoms with Crippen molar-refractivity contribution in [1.29, 1.82) is 0 Å². The summed E-state index contributed by atoms with van der Waals surface area (Å²) in [6.07, 6.45) is 2.62. The molecular formula is C28H35N7O2. The number of fused-ring (bicyclic) bond motifs is 1. The smallest absolute Gasteiger partial charge is 0.259 e. The Kier molecular flexibility index (Phi) is 7.63. The van der Waals surface area contributed by atoms with Gasteiger partial charge in [-0.1, -0.05) is 31.2 Å². The summed E-state index contributed by atoms with van der Waals surface area (Å²) in [5, 5.41) is 3.98. The summed E-state index contributed by atoms with van der Waals surface area (Å²) in [4.78, 5) is 26.6. The summed E-state index contributed by atoms with van der Waals surface area (Å²) in [6.45, 7) is 3.81. The summed E-state index contributed by atoms with van der Waals surface area (Å²) in [7, 11) is 9.41. The highest BCUT2D eigenvalue weighted by atomic mass is 16.5. The average Bonchev–Trinajstić information content (AvgIpc) is 2.89. The summed E-state index contributed by atoms with van der Waals surface area (Å²) in [5.41, 5.74) is 11.6. The van der Waals surface area contributed by atoms with Crippen molar-refractivity contribution in [3.63, 3.8) is 0 Å². The molecule has 37 heavy (non-hydrogen) atoms. The van der Waals surface area contributed by atoms with Crippen molar-refractivity contribution < 1.29 is 4.74 Å². The Bertz CT molecular complexity index is 1480. The second kappa shape index (κ2) is 10.9. The molecule has 2 heterocycles. The standard InChI is InChI=1S/C28H35N7O2/c1-7-18-9-8-10-19(13-18)21-14-20-17-30-28(32-26(20)35(5)27(21)36)31-23-15-22(29)24(16-25(23)37-6)34(4)12-11-33(2)3/h8-10,13-17H,7,11-12,29H2,1-6H3,(H,30,31,32). The van der Waals surface area contributed by atoms with Crippen molar-refractivity contribution in [2.45, 2.75) is 13.3 Å². The lowest BCUT2D eigenvalue weighted by atomic mass is 10.0. The first-order valence-electron chi connectivity index (χ1n) is 12.3. The molecule has 0 saturated heterocycles. The molecule has 0 radical (unpaired) electrons. The number of anilines is 4. The van der Waals surface area contributed by atoms with Gasteiger partial charge in [0, 0.05) is 50.4 Å². The Morgan fingerprint density at radius 1 is 1.11 bits per heavy atom. The van der Waals surface area contributed by atoms with Gasteiger partial charge < -0.3 is 25.6 Å². The summed E-state index contributed by atoms with van der Waals surface area (Å²) in [5.74, 6) is 0.958. The van der Waals surface area contributed by atoms with Gasteiger partial charge in [-0.15, -0.1) is 0 Å². The van der Waals surface area contributed by atoms with Crippen LogP contribution in [0.5, 0.6) is 5.75 Å². The van der Waals surface area contributed by atoms with Crippen LogP contribution in [0.2, 0.25) is 0 Å². The van der Waals surface area contributed by atoms with E-state index in [1.165, 1.54) is 5.56 Å². The third-order valence-corrected chi connectivity index (χ3v) is 6.48. The maximum atomic E-state index is 13.2. The number of ether oxygens (including phenoxy) is 1. The van der Waals surface area contributed by atoms with Gasteiger partial charge in [-0.05, 0) is 43.8 Å². The number of nitrogens with zero attached hydrogens (tertiary/aromatic N) is 5. The maximum Gasteiger partial charge on any atom is 0.259 e. The third-order valence-electron chi connectivity index (χ3n) is 6.48. The molecule has 0 saturated carbocycles. The molecule has 0 atom stereocenters. The molecule has 0 bridgehead atoms. The Balaban J connectivity index is 1.67. The number of pyridine rings is 1. The van der Waals surface area contributed by atoms with E-state index in [-0.39, 0.29) is 5.56 Å². The van der Waals surface area contributed by atoms with E-state index >= 15 is 0 Å². The van der Waals surface area contributed by atoms with Crippen LogP contribution in [0.15, 0.2) is 53.5 Å². The lowest BCUT2D eigenvalue weighted by Crippen LogP contribution is -2.29. The van der Waals surface area contributed by atoms with Crippen molar-refractivity contribution in [3.05, 3.63) is 64.6 Å². The molecule has 0 fully saturated rings. The monoisotopic (exact) mass is 501 g/mol. The Morgan fingerprint density at radius 2 is 1.89 bits per heavy atom. The fourth-order valence-corrected chi connectivity index (χ4v) is 4.25. The maximum absolute atomic E-state index is 13.2. The number of benzene rings is 2. The van der Waals surface area contributed by atoms with Crippen LogP contribution in [-0.4, -0.2) is 60.8 Å². The van der Waals surface area contributed by atoms with E-state index in [1.54, 1.807) is 24.9 Å². The minimum Gasteiger partial charge on any atom is -0.494 e. The zero-order valence-corrected chi connectivity index (χ0v) is 22.4. The highest BCUT2D eigenvalue weighted by molar-refractivity contribution is 5.83. The van der Waals surface area contributed by atoms with Gasteiger partial charge in [0.25, 0.3) is 5.56 Å². The lowest BCUT2D eigenvalue weighted by Gasteiger charge is -2.24. The SMILES string of the molecule is CCc1cccc(-c2cc3cnc(Nc4cc(N)c(N(C)CCN(C)C)cc4OC)nc3n(C)c2=O)c1. The highest BCUT2D eigenvalue weighted by Gasteiger charge is 2.15. The van der Waals surface area contributed by atoms with Crippen LogP contribution < -0.4 is 26.2 Å². The number of nitrogens with one attached hydrogen (secondary N) is 1. The second-order valence-electron chi connectivity index (χ2n) is 9.41. The van der Waals surface area contributed by atoms with E-state index < -0.39 is 0 Å². The van der Waals surface area contributed by atoms with Crippen LogP contribution >= 0.6 is 0 Å².